The van der Waals surface area contributed by atoms with Crippen LogP contribution in [0.2, 0.25) is 0 Å². The molecule has 60 valence electrons. The van der Waals surface area contributed by atoms with Crippen molar-refractivity contribution in [2.24, 2.45) is 0 Å². The van der Waals surface area contributed by atoms with Crippen LogP contribution in [0.3, 0.4) is 0 Å². The van der Waals surface area contributed by atoms with Crippen LogP contribution in [0.15, 0.2) is 25.2 Å². The summed E-state index contributed by atoms with van der Waals surface area (Å²) in [5, 5.41) is 7.88. The summed E-state index contributed by atoms with van der Waals surface area (Å²) in [6.07, 6.45) is 5.80. The molecule has 0 amide bonds. The van der Waals surface area contributed by atoms with E-state index in [1.165, 1.54) is 6.33 Å². The number of allylic oxidation sites excluding steroid dienone is 1. The molecule has 0 atom stereocenters. The van der Waals surface area contributed by atoms with E-state index in [-0.39, 0.29) is 0 Å². The Morgan fingerprint density at radius 3 is 3.33 bits per heavy atom. The van der Waals surface area contributed by atoms with Gasteiger partial charge in [-0.05, 0) is 0 Å². The molecule has 0 bridgehead atoms. The van der Waals surface area contributed by atoms with E-state index in [2.05, 4.69) is 26.7 Å². The highest BCUT2D eigenvalue weighted by Gasteiger charge is 2.03. The highest BCUT2D eigenvalue weighted by Crippen LogP contribution is 2.11. The van der Waals surface area contributed by atoms with Crippen LogP contribution in [-0.4, -0.2) is 20.2 Å². The summed E-state index contributed by atoms with van der Waals surface area (Å²) in [7, 11) is 0. The molecule has 2 heterocycles. The number of aromatic nitrogens is 4. The Morgan fingerprint density at radius 1 is 1.58 bits per heavy atom. The molecule has 0 aliphatic carbocycles. The number of fused-ring (bicyclic) bond motifs is 1. The average Bonchev–Trinajstić information content (AvgIpc) is 2.50. The lowest BCUT2D eigenvalue weighted by Gasteiger charge is -1.88. The summed E-state index contributed by atoms with van der Waals surface area (Å²) in [6, 6.07) is 0. The summed E-state index contributed by atoms with van der Waals surface area (Å²) in [6.45, 7) is 3.65. The highest BCUT2D eigenvalue weighted by atomic mass is 15.2. The third kappa shape index (κ3) is 0.972. The van der Waals surface area contributed by atoms with Crippen molar-refractivity contribution >= 4 is 11.0 Å². The van der Waals surface area contributed by atoms with E-state index >= 15 is 0 Å². The Morgan fingerprint density at radius 2 is 2.50 bits per heavy atom. The minimum absolute atomic E-state index is 0.743. The predicted octanol–water partition coefficient (Wildman–Crippen LogP) is 1.08. The molecule has 0 fully saturated rings. The fraction of sp³-hybridized carbons (Fsp3) is 0.125. The standard InChI is InChI=1S/C8H8N4/c1-2-3-7-6-4-9-5-10-8(6)12-11-7/h2,4-5H,1,3H2,(H,9,10,11,12). The topological polar surface area (TPSA) is 54.5 Å². The monoisotopic (exact) mass is 160 g/mol. The molecule has 12 heavy (non-hydrogen) atoms. The smallest absolute Gasteiger partial charge is 0.158 e. The molecular weight excluding hydrogens is 152 g/mol. The summed E-state index contributed by atoms with van der Waals surface area (Å²) in [5.74, 6) is 0. The molecular formula is C8H8N4. The average molecular weight is 160 g/mol. The van der Waals surface area contributed by atoms with Gasteiger partial charge in [-0.2, -0.15) is 5.10 Å². The zero-order valence-corrected chi connectivity index (χ0v) is 6.49. The van der Waals surface area contributed by atoms with Crippen molar-refractivity contribution in [3.63, 3.8) is 0 Å². The summed E-state index contributed by atoms with van der Waals surface area (Å²) < 4.78 is 0. The van der Waals surface area contributed by atoms with Crippen LogP contribution in [0.4, 0.5) is 0 Å². The van der Waals surface area contributed by atoms with E-state index in [4.69, 9.17) is 0 Å². The van der Waals surface area contributed by atoms with Crippen molar-refractivity contribution in [3.8, 4) is 0 Å². The van der Waals surface area contributed by atoms with Crippen molar-refractivity contribution in [1.82, 2.24) is 20.2 Å². The molecule has 1 N–H and O–H groups in total. The van der Waals surface area contributed by atoms with Crippen molar-refractivity contribution in [3.05, 3.63) is 30.9 Å². The van der Waals surface area contributed by atoms with Gasteiger partial charge in [0.05, 0.1) is 11.1 Å². The zero-order chi connectivity index (χ0) is 8.39. The Bertz CT molecular complexity index is 404. The van der Waals surface area contributed by atoms with E-state index in [1.54, 1.807) is 6.20 Å². The first kappa shape index (κ1) is 6.97. The van der Waals surface area contributed by atoms with Crippen molar-refractivity contribution in [1.29, 1.82) is 0 Å². The molecule has 0 aromatic carbocycles. The Balaban J connectivity index is 2.62. The lowest BCUT2D eigenvalue weighted by atomic mass is 10.2. The van der Waals surface area contributed by atoms with Crippen molar-refractivity contribution < 1.29 is 0 Å². The quantitative estimate of drug-likeness (QED) is 0.669. The van der Waals surface area contributed by atoms with Gasteiger partial charge in [0.15, 0.2) is 5.65 Å². The summed E-state index contributed by atoms with van der Waals surface area (Å²) >= 11 is 0. The van der Waals surface area contributed by atoms with Gasteiger partial charge in [0.25, 0.3) is 0 Å². The van der Waals surface area contributed by atoms with Gasteiger partial charge in [0.1, 0.15) is 6.33 Å². The molecule has 0 saturated carbocycles. The Labute approximate surface area is 69.4 Å². The van der Waals surface area contributed by atoms with Gasteiger partial charge in [-0.1, -0.05) is 6.08 Å². The molecule has 0 aliphatic rings. The van der Waals surface area contributed by atoms with Crippen LogP contribution in [0.5, 0.6) is 0 Å². The fourth-order valence-corrected chi connectivity index (χ4v) is 1.10. The largest absolute Gasteiger partial charge is 0.260 e. The second-order valence-electron chi connectivity index (χ2n) is 2.45. The maximum Gasteiger partial charge on any atom is 0.158 e. The van der Waals surface area contributed by atoms with Crippen LogP contribution in [0, 0.1) is 0 Å². The van der Waals surface area contributed by atoms with Crippen molar-refractivity contribution in [2.75, 3.05) is 0 Å². The molecule has 2 aromatic heterocycles. The van der Waals surface area contributed by atoms with E-state index in [0.29, 0.717) is 0 Å². The molecule has 0 unspecified atom stereocenters. The number of aromatic amines is 1. The predicted molar refractivity (Wildman–Crippen MR) is 45.6 cm³/mol. The van der Waals surface area contributed by atoms with E-state index in [0.717, 1.165) is 23.1 Å². The van der Waals surface area contributed by atoms with Crippen LogP contribution < -0.4 is 0 Å². The number of hydrogen-bond acceptors (Lipinski definition) is 3. The maximum atomic E-state index is 4.09. The number of rotatable bonds is 2. The van der Waals surface area contributed by atoms with Gasteiger partial charge in [0.2, 0.25) is 0 Å². The van der Waals surface area contributed by atoms with Crippen LogP contribution in [0.1, 0.15) is 5.69 Å². The molecule has 4 nitrogen and oxygen atoms in total. The summed E-state index contributed by atoms with van der Waals surface area (Å²) in [4.78, 5) is 7.94. The van der Waals surface area contributed by atoms with Crippen LogP contribution >= 0.6 is 0 Å². The fourth-order valence-electron chi connectivity index (χ4n) is 1.10. The molecule has 0 saturated heterocycles. The van der Waals surface area contributed by atoms with E-state index in [9.17, 15) is 0 Å². The number of H-pyrrole nitrogens is 1. The maximum absolute atomic E-state index is 4.09. The van der Waals surface area contributed by atoms with E-state index in [1.807, 2.05) is 6.08 Å². The lowest BCUT2D eigenvalue weighted by Crippen LogP contribution is -1.81. The van der Waals surface area contributed by atoms with Crippen molar-refractivity contribution in [2.45, 2.75) is 6.42 Å². The van der Waals surface area contributed by atoms with Gasteiger partial charge in [0, 0.05) is 12.6 Å². The third-order valence-corrected chi connectivity index (χ3v) is 1.66. The first-order chi connectivity index (χ1) is 5.92. The van der Waals surface area contributed by atoms with Gasteiger partial charge in [-0.25, -0.2) is 9.97 Å². The third-order valence-electron chi connectivity index (χ3n) is 1.66. The molecule has 0 radical (unpaired) electrons. The minimum atomic E-state index is 0.743. The number of hydrogen-bond donors (Lipinski definition) is 1. The molecule has 2 rings (SSSR count). The first-order valence-electron chi connectivity index (χ1n) is 3.65. The molecule has 0 spiro atoms. The first-order valence-corrected chi connectivity index (χ1v) is 3.65. The van der Waals surface area contributed by atoms with Gasteiger partial charge in [-0.15, -0.1) is 6.58 Å². The second-order valence-corrected chi connectivity index (χ2v) is 2.45. The normalized spacial score (nSPS) is 10.3. The SMILES string of the molecule is C=CCc1n[nH]c2ncncc12. The zero-order valence-electron chi connectivity index (χ0n) is 6.49. The minimum Gasteiger partial charge on any atom is -0.260 e. The molecule has 0 aliphatic heterocycles. The van der Waals surface area contributed by atoms with Crippen LogP contribution in [0.25, 0.3) is 11.0 Å². The molecule has 2 aromatic rings. The van der Waals surface area contributed by atoms with Gasteiger partial charge >= 0.3 is 0 Å². The van der Waals surface area contributed by atoms with E-state index < -0.39 is 0 Å². The second kappa shape index (κ2) is 2.73. The molecule has 4 heteroatoms. The van der Waals surface area contributed by atoms with Crippen LogP contribution in [-0.2, 0) is 6.42 Å². The summed E-state index contributed by atoms with van der Waals surface area (Å²) in [5.41, 5.74) is 1.72. The highest BCUT2D eigenvalue weighted by molar-refractivity contribution is 5.76. The number of nitrogens with zero attached hydrogens (tertiary/aromatic N) is 3. The Kier molecular flexibility index (Phi) is 1.59. The lowest BCUT2D eigenvalue weighted by molar-refractivity contribution is 1.02. The van der Waals surface area contributed by atoms with Gasteiger partial charge < -0.3 is 0 Å². The number of nitrogens with one attached hydrogen (secondary N) is 1. The Hall–Kier alpha value is -1.71. The van der Waals surface area contributed by atoms with Gasteiger partial charge in [-0.3, -0.25) is 5.10 Å².